The highest BCUT2D eigenvalue weighted by molar-refractivity contribution is 14.0. The molecular formula is C19H30FIN4O2. The Morgan fingerprint density at radius 2 is 1.93 bits per heavy atom. The largest absolute Gasteiger partial charge is 0.381 e. The van der Waals surface area contributed by atoms with E-state index in [1.54, 1.807) is 26.1 Å². The molecule has 1 aromatic carbocycles. The van der Waals surface area contributed by atoms with Crippen molar-refractivity contribution in [2.45, 2.75) is 26.2 Å². The average molecular weight is 492 g/mol. The van der Waals surface area contributed by atoms with Crippen molar-refractivity contribution in [1.29, 1.82) is 0 Å². The molecule has 1 amide bonds. The summed E-state index contributed by atoms with van der Waals surface area (Å²) in [4.78, 5) is 16.1. The number of rotatable bonds is 10. The summed E-state index contributed by atoms with van der Waals surface area (Å²) < 4.78 is 19.1. The van der Waals surface area contributed by atoms with Gasteiger partial charge in [-0.15, -0.1) is 24.0 Å². The molecule has 0 spiro atoms. The molecule has 1 saturated carbocycles. The van der Waals surface area contributed by atoms with Crippen LogP contribution in [0.25, 0.3) is 0 Å². The Labute approximate surface area is 177 Å². The van der Waals surface area contributed by atoms with Crippen molar-refractivity contribution in [3.63, 3.8) is 0 Å². The van der Waals surface area contributed by atoms with Crippen LogP contribution in [-0.4, -0.2) is 51.8 Å². The highest BCUT2D eigenvalue weighted by Gasteiger charge is 2.20. The number of halogens is 2. The summed E-state index contributed by atoms with van der Waals surface area (Å²) in [5.74, 6) is 0.815. The number of amides is 1. The van der Waals surface area contributed by atoms with Gasteiger partial charge in [-0.1, -0.05) is 6.07 Å². The Balaban J connectivity index is 0.00000364. The molecule has 152 valence electrons. The van der Waals surface area contributed by atoms with E-state index in [1.165, 1.54) is 18.9 Å². The van der Waals surface area contributed by atoms with Crippen molar-refractivity contribution in [2.75, 3.05) is 39.9 Å². The fourth-order valence-corrected chi connectivity index (χ4v) is 2.33. The summed E-state index contributed by atoms with van der Waals surface area (Å²) in [5.41, 5.74) is 0.845. The molecule has 8 heteroatoms. The molecule has 0 heterocycles. The standard InChI is InChI=1S/C19H29FN4O2.HI/c1-14-4-7-16(12-17(14)20)18(25)22-9-10-24-19(21-2)23-8-3-11-26-13-15-5-6-15;/h4,7,12,15H,3,5-6,8-11,13H2,1-2H3,(H,22,25)(H2,21,23,24);1H. The first-order valence-corrected chi connectivity index (χ1v) is 9.16. The van der Waals surface area contributed by atoms with Gasteiger partial charge in [0.15, 0.2) is 5.96 Å². The maximum Gasteiger partial charge on any atom is 0.251 e. The van der Waals surface area contributed by atoms with Crippen molar-refractivity contribution >= 4 is 35.8 Å². The van der Waals surface area contributed by atoms with Crippen LogP contribution in [0.1, 0.15) is 35.2 Å². The Morgan fingerprint density at radius 1 is 1.22 bits per heavy atom. The third-order valence-electron chi connectivity index (χ3n) is 4.17. The highest BCUT2D eigenvalue weighted by Crippen LogP contribution is 2.28. The molecule has 0 atom stereocenters. The molecule has 1 aromatic rings. The predicted molar refractivity (Wildman–Crippen MR) is 116 cm³/mol. The molecular weight excluding hydrogens is 462 g/mol. The number of nitrogens with zero attached hydrogens (tertiary/aromatic N) is 1. The fourth-order valence-electron chi connectivity index (χ4n) is 2.33. The molecule has 6 nitrogen and oxygen atoms in total. The smallest absolute Gasteiger partial charge is 0.251 e. The average Bonchev–Trinajstić information content (AvgIpc) is 3.46. The maximum absolute atomic E-state index is 13.5. The van der Waals surface area contributed by atoms with Gasteiger partial charge in [0.2, 0.25) is 0 Å². The van der Waals surface area contributed by atoms with E-state index in [0.717, 1.165) is 32.1 Å². The van der Waals surface area contributed by atoms with E-state index in [0.29, 0.717) is 30.2 Å². The molecule has 0 bridgehead atoms. The Bertz CT molecular complexity index is 624. The Hall–Kier alpha value is -1.42. The van der Waals surface area contributed by atoms with Crippen LogP contribution in [0.15, 0.2) is 23.2 Å². The number of carbonyl (C=O) groups excluding carboxylic acids is 1. The molecule has 0 unspecified atom stereocenters. The van der Waals surface area contributed by atoms with E-state index < -0.39 is 0 Å². The number of hydrogen-bond donors (Lipinski definition) is 3. The van der Waals surface area contributed by atoms with Crippen molar-refractivity contribution in [2.24, 2.45) is 10.9 Å². The summed E-state index contributed by atoms with van der Waals surface area (Å²) in [6.45, 7) is 5.02. The van der Waals surface area contributed by atoms with Crippen molar-refractivity contribution < 1.29 is 13.9 Å². The number of aliphatic imine (C=N–C) groups is 1. The molecule has 0 aromatic heterocycles. The van der Waals surface area contributed by atoms with Crippen LogP contribution >= 0.6 is 24.0 Å². The lowest BCUT2D eigenvalue weighted by Gasteiger charge is -2.12. The van der Waals surface area contributed by atoms with Gasteiger partial charge in [0, 0.05) is 45.5 Å². The first kappa shape index (κ1) is 23.6. The van der Waals surface area contributed by atoms with E-state index in [2.05, 4.69) is 20.9 Å². The van der Waals surface area contributed by atoms with E-state index in [4.69, 9.17) is 4.74 Å². The number of nitrogens with one attached hydrogen (secondary N) is 3. The molecule has 1 aliphatic rings. The zero-order valence-electron chi connectivity index (χ0n) is 16.0. The lowest BCUT2D eigenvalue weighted by molar-refractivity contribution is 0.0954. The number of hydrogen-bond acceptors (Lipinski definition) is 3. The Kier molecular flexibility index (Phi) is 11.3. The summed E-state index contributed by atoms with van der Waals surface area (Å²) in [6, 6.07) is 4.47. The monoisotopic (exact) mass is 492 g/mol. The summed E-state index contributed by atoms with van der Waals surface area (Å²) in [7, 11) is 1.70. The second-order valence-electron chi connectivity index (χ2n) is 6.52. The molecule has 1 fully saturated rings. The van der Waals surface area contributed by atoms with Crippen LogP contribution in [0.2, 0.25) is 0 Å². The second kappa shape index (κ2) is 12.9. The van der Waals surface area contributed by atoms with E-state index in [9.17, 15) is 9.18 Å². The SMILES string of the molecule is CN=C(NCCCOCC1CC1)NCCNC(=O)c1ccc(C)c(F)c1.I. The topological polar surface area (TPSA) is 74.8 Å². The summed E-state index contributed by atoms with van der Waals surface area (Å²) in [6.07, 6.45) is 3.54. The molecule has 2 rings (SSSR count). The van der Waals surface area contributed by atoms with Gasteiger partial charge < -0.3 is 20.7 Å². The highest BCUT2D eigenvalue weighted by atomic mass is 127. The van der Waals surface area contributed by atoms with E-state index in [1.807, 2.05) is 0 Å². The molecule has 3 N–H and O–H groups in total. The quantitative estimate of drug-likeness (QED) is 0.203. The number of benzene rings is 1. The maximum atomic E-state index is 13.5. The minimum Gasteiger partial charge on any atom is -0.381 e. The lowest BCUT2D eigenvalue weighted by Crippen LogP contribution is -2.42. The van der Waals surface area contributed by atoms with Crippen LogP contribution in [0.3, 0.4) is 0 Å². The first-order chi connectivity index (χ1) is 12.6. The summed E-state index contributed by atoms with van der Waals surface area (Å²) in [5, 5.41) is 9.08. The van der Waals surface area contributed by atoms with Crippen LogP contribution < -0.4 is 16.0 Å². The summed E-state index contributed by atoms with van der Waals surface area (Å²) >= 11 is 0. The van der Waals surface area contributed by atoms with Gasteiger partial charge in [0.05, 0.1) is 0 Å². The fraction of sp³-hybridized carbons (Fsp3) is 0.579. The van der Waals surface area contributed by atoms with Gasteiger partial charge >= 0.3 is 0 Å². The Morgan fingerprint density at radius 3 is 2.59 bits per heavy atom. The lowest BCUT2D eigenvalue weighted by atomic mass is 10.1. The first-order valence-electron chi connectivity index (χ1n) is 9.16. The minimum absolute atomic E-state index is 0. The van der Waals surface area contributed by atoms with Crippen LogP contribution in [0, 0.1) is 18.7 Å². The number of aryl methyl sites for hydroxylation is 1. The number of guanidine groups is 1. The zero-order chi connectivity index (χ0) is 18.8. The van der Waals surface area contributed by atoms with Crippen LogP contribution in [0.4, 0.5) is 4.39 Å². The third kappa shape index (κ3) is 9.37. The van der Waals surface area contributed by atoms with Gasteiger partial charge in [0.25, 0.3) is 5.91 Å². The van der Waals surface area contributed by atoms with Gasteiger partial charge in [-0.25, -0.2) is 4.39 Å². The van der Waals surface area contributed by atoms with E-state index in [-0.39, 0.29) is 35.7 Å². The van der Waals surface area contributed by atoms with Gasteiger partial charge in [0.1, 0.15) is 5.82 Å². The van der Waals surface area contributed by atoms with Crippen molar-refractivity contribution in [3.05, 3.63) is 35.1 Å². The predicted octanol–water partition coefficient (Wildman–Crippen LogP) is 2.46. The van der Waals surface area contributed by atoms with Crippen LogP contribution in [-0.2, 0) is 4.74 Å². The van der Waals surface area contributed by atoms with Crippen molar-refractivity contribution in [1.82, 2.24) is 16.0 Å². The second-order valence-corrected chi connectivity index (χ2v) is 6.52. The minimum atomic E-state index is -0.374. The van der Waals surface area contributed by atoms with Gasteiger partial charge in [-0.3, -0.25) is 9.79 Å². The van der Waals surface area contributed by atoms with E-state index >= 15 is 0 Å². The molecule has 0 aliphatic heterocycles. The zero-order valence-corrected chi connectivity index (χ0v) is 18.3. The van der Waals surface area contributed by atoms with Gasteiger partial charge in [-0.05, 0) is 49.8 Å². The van der Waals surface area contributed by atoms with Gasteiger partial charge in [-0.2, -0.15) is 0 Å². The van der Waals surface area contributed by atoms with Crippen molar-refractivity contribution in [3.8, 4) is 0 Å². The van der Waals surface area contributed by atoms with Crippen LogP contribution in [0.5, 0.6) is 0 Å². The molecule has 0 saturated heterocycles. The molecule has 1 aliphatic carbocycles. The molecule has 0 radical (unpaired) electrons. The molecule has 27 heavy (non-hydrogen) atoms. The normalized spacial score (nSPS) is 13.7. The third-order valence-corrected chi connectivity index (χ3v) is 4.17. The number of ether oxygens (including phenoxy) is 1. The number of carbonyl (C=O) groups is 1.